The lowest BCUT2D eigenvalue weighted by Gasteiger charge is -2.26. The largest absolute Gasteiger partial charge is 0.508 e. The molecule has 1 amide bonds. The van der Waals surface area contributed by atoms with Crippen molar-refractivity contribution in [2.75, 3.05) is 6.54 Å². The van der Waals surface area contributed by atoms with Gasteiger partial charge in [0.15, 0.2) is 11.5 Å². The first-order valence-electron chi connectivity index (χ1n) is 10.4. The number of hydrogen-bond acceptors (Lipinski definition) is 4. The molecule has 0 aromatic heterocycles. The Kier molecular flexibility index (Phi) is 6.17. The number of phenols is 1. The molecule has 1 atom stereocenters. The summed E-state index contributed by atoms with van der Waals surface area (Å²) in [5, 5.41) is 20.7. The summed E-state index contributed by atoms with van der Waals surface area (Å²) in [6.45, 7) is 0.312. The molecule has 0 fully saturated rings. The first-order valence-corrected chi connectivity index (χ1v) is 10.4. The van der Waals surface area contributed by atoms with Gasteiger partial charge in [0.05, 0.1) is 11.6 Å². The van der Waals surface area contributed by atoms with Crippen LogP contribution in [-0.4, -0.2) is 33.3 Å². The van der Waals surface area contributed by atoms with Crippen LogP contribution in [0.4, 0.5) is 0 Å². The summed E-state index contributed by atoms with van der Waals surface area (Å²) in [5.41, 5.74) is 2.45. The summed E-state index contributed by atoms with van der Waals surface area (Å²) in [7, 11) is 0. The molecule has 0 aliphatic carbocycles. The van der Waals surface area contributed by atoms with Crippen LogP contribution < -0.4 is 0 Å². The number of nitrogens with zero attached hydrogens (tertiary/aromatic N) is 1. The average molecular weight is 425 g/mol. The average Bonchev–Trinajstić information content (AvgIpc) is 3.07. The maximum absolute atomic E-state index is 13.1. The van der Waals surface area contributed by atoms with Crippen molar-refractivity contribution in [3.8, 4) is 5.75 Å². The van der Waals surface area contributed by atoms with Crippen molar-refractivity contribution < 1.29 is 19.8 Å². The van der Waals surface area contributed by atoms with E-state index in [1.54, 1.807) is 18.2 Å². The van der Waals surface area contributed by atoms with Gasteiger partial charge in [-0.2, -0.15) is 0 Å². The van der Waals surface area contributed by atoms with E-state index in [1.807, 2.05) is 60.7 Å². The number of allylic oxidation sites excluding steroid dienone is 1. The fourth-order valence-electron chi connectivity index (χ4n) is 3.90. The number of phenolic OH excluding ortho intramolecular Hbond substituents is 1. The summed E-state index contributed by atoms with van der Waals surface area (Å²) in [6.07, 6.45) is 3.58. The minimum Gasteiger partial charge on any atom is -0.508 e. The molecule has 160 valence electrons. The van der Waals surface area contributed by atoms with Crippen molar-refractivity contribution in [1.29, 1.82) is 0 Å². The van der Waals surface area contributed by atoms with Crippen molar-refractivity contribution in [3.05, 3.63) is 119 Å². The Balaban J connectivity index is 1.67. The van der Waals surface area contributed by atoms with E-state index >= 15 is 0 Å². The van der Waals surface area contributed by atoms with Crippen LogP contribution in [0.2, 0.25) is 0 Å². The lowest BCUT2D eigenvalue weighted by molar-refractivity contribution is -0.129. The number of ketones is 1. The molecule has 5 nitrogen and oxygen atoms in total. The maximum Gasteiger partial charge on any atom is 0.290 e. The van der Waals surface area contributed by atoms with Gasteiger partial charge in [-0.1, -0.05) is 78.9 Å². The van der Waals surface area contributed by atoms with Crippen LogP contribution in [0.25, 0.3) is 6.08 Å². The number of aromatic hydroxyl groups is 1. The number of hydrogen-bond donors (Lipinski definition) is 2. The first kappa shape index (κ1) is 21.1. The number of amides is 1. The van der Waals surface area contributed by atoms with Gasteiger partial charge in [0, 0.05) is 6.54 Å². The minimum absolute atomic E-state index is 0.0147. The molecule has 1 unspecified atom stereocenters. The fraction of sp³-hybridized carbons (Fsp3) is 0.111. The van der Waals surface area contributed by atoms with Gasteiger partial charge in [0.2, 0.25) is 0 Å². The van der Waals surface area contributed by atoms with Gasteiger partial charge < -0.3 is 15.1 Å². The van der Waals surface area contributed by atoms with Crippen molar-refractivity contribution >= 4 is 17.8 Å². The third-order valence-corrected chi connectivity index (χ3v) is 5.47. The molecule has 32 heavy (non-hydrogen) atoms. The second-order valence-electron chi connectivity index (χ2n) is 7.60. The lowest BCUT2D eigenvalue weighted by Crippen LogP contribution is -2.33. The number of carbonyl (C=O) groups excluding carboxylic acids is 2. The highest BCUT2D eigenvalue weighted by Gasteiger charge is 2.42. The van der Waals surface area contributed by atoms with Crippen LogP contribution in [0, 0.1) is 0 Å². The van der Waals surface area contributed by atoms with Gasteiger partial charge in [-0.15, -0.1) is 0 Å². The highest BCUT2D eigenvalue weighted by Crippen LogP contribution is 2.39. The zero-order valence-electron chi connectivity index (χ0n) is 17.4. The smallest absolute Gasteiger partial charge is 0.290 e. The molecule has 0 saturated heterocycles. The molecule has 0 saturated carbocycles. The van der Waals surface area contributed by atoms with Crippen molar-refractivity contribution in [2.24, 2.45) is 0 Å². The van der Waals surface area contributed by atoms with E-state index in [0.29, 0.717) is 18.5 Å². The van der Waals surface area contributed by atoms with Gasteiger partial charge in [-0.05, 0) is 41.3 Å². The van der Waals surface area contributed by atoms with Crippen LogP contribution in [-0.2, 0) is 16.0 Å². The zero-order chi connectivity index (χ0) is 22.5. The molecule has 3 aromatic carbocycles. The summed E-state index contributed by atoms with van der Waals surface area (Å²) in [6, 6.07) is 24.7. The van der Waals surface area contributed by atoms with E-state index in [-0.39, 0.29) is 11.3 Å². The number of benzene rings is 3. The van der Waals surface area contributed by atoms with Crippen molar-refractivity contribution in [1.82, 2.24) is 4.90 Å². The van der Waals surface area contributed by atoms with Gasteiger partial charge in [-0.3, -0.25) is 9.59 Å². The Morgan fingerprint density at radius 1 is 0.906 bits per heavy atom. The summed E-state index contributed by atoms with van der Waals surface area (Å²) in [5.74, 6) is -1.56. The van der Waals surface area contributed by atoms with Gasteiger partial charge in [-0.25, -0.2) is 0 Å². The monoisotopic (exact) mass is 425 g/mol. The van der Waals surface area contributed by atoms with Crippen LogP contribution in [0.5, 0.6) is 5.75 Å². The highest BCUT2D eigenvalue weighted by atomic mass is 16.3. The van der Waals surface area contributed by atoms with Crippen LogP contribution in [0.3, 0.4) is 0 Å². The van der Waals surface area contributed by atoms with Gasteiger partial charge in [0.1, 0.15) is 5.75 Å². The molecule has 0 bridgehead atoms. The molecular weight excluding hydrogens is 402 g/mol. The second kappa shape index (κ2) is 9.35. The normalized spacial score (nSPS) is 16.2. The predicted molar refractivity (Wildman–Crippen MR) is 123 cm³/mol. The van der Waals surface area contributed by atoms with Crippen molar-refractivity contribution in [3.63, 3.8) is 0 Å². The molecule has 5 heteroatoms. The Morgan fingerprint density at radius 2 is 1.59 bits per heavy atom. The quantitative estimate of drug-likeness (QED) is 0.542. The summed E-state index contributed by atoms with van der Waals surface area (Å²) in [4.78, 5) is 27.6. The van der Waals surface area contributed by atoms with Crippen LogP contribution in [0.15, 0.2) is 102 Å². The third kappa shape index (κ3) is 4.47. The van der Waals surface area contributed by atoms with E-state index in [0.717, 1.165) is 11.1 Å². The SMILES string of the molecule is O=C(C=Cc1ccccc1)C1=C(O)C(=O)N(CCc2ccccc2)C1c1cccc(O)c1. The Labute approximate surface area is 186 Å². The molecule has 4 rings (SSSR count). The summed E-state index contributed by atoms with van der Waals surface area (Å²) < 4.78 is 0. The molecule has 2 N–H and O–H groups in total. The Bertz CT molecular complexity index is 1180. The highest BCUT2D eigenvalue weighted by molar-refractivity contribution is 6.14. The fourth-order valence-corrected chi connectivity index (χ4v) is 3.90. The van der Waals surface area contributed by atoms with E-state index < -0.39 is 23.5 Å². The van der Waals surface area contributed by atoms with E-state index in [1.165, 1.54) is 23.1 Å². The number of rotatable bonds is 7. The topological polar surface area (TPSA) is 77.8 Å². The second-order valence-corrected chi connectivity index (χ2v) is 7.60. The van der Waals surface area contributed by atoms with Gasteiger partial charge >= 0.3 is 0 Å². The van der Waals surface area contributed by atoms with E-state index in [2.05, 4.69) is 0 Å². The third-order valence-electron chi connectivity index (χ3n) is 5.47. The zero-order valence-corrected chi connectivity index (χ0v) is 17.4. The Hall–Kier alpha value is -4.12. The molecule has 1 aliphatic rings. The molecule has 0 spiro atoms. The minimum atomic E-state index is -0.786. The Morgan fingerprint density at radius 3 is 2.28 bits per heavy atom. The van der Waals surface area contributed by atoms with E-state index in [9.17, 15) is 19.8 Å². The van der Waals surface area contributed by atoms with Crippen molar-refractivity contribution in [2.45, 2.75) is 12.5 Å². The molecule has 1 aliphatic heterocycles. The van der Waals surface area contributed by atoms with Crippen LogP contribution >= 0.6 is 0 Å². The molecule has 3 aromatic rings. The van der Waals surface area contributed by atoms with E-state index in [4.69, 9.17) is 0 Å². The lowest BCUT2D eigenvalue weighted by atomic mass is 9.95. The molecular formula is C27H23NO4. The number of aliphatic hydroxyl groups excluding tert-OH is 1. The summed E-state index contributed by atoms with van der Waals surface area (Å²) >= 11 is 0. The molecule has 0 radical (unpaired) electrons. The first-order chi connectivity index (χ1) is 15.5. The standard InChI is InChI=1S/C27H23NO4/c29-22-13-7-12-21(18-22)25-24(23(30)15-14-19-8-3-1-4-9-19)26(31)27(32)28(25)17-16-20-10-5-2-6-11-20/h1-15,18,25,29,31H,16-17H2. The molecule has 1 heterocycles. The number of carbonyl (C=O) groups is 2. The van der Waals surface area contributed by atoms with Gasteiger partial charge in [0.25, 0.3) is 5.91 Å². The number of aliphatic hydroxyl groups is 1. The maximum atomic E-state index is 13.1. The van der Waals surface area contributed by atoms with Crippen LogP contribution in [0.1, 0.15) is 22.7 Å². The predicted octanol–water partition coefficient (Wildman–Crippen LogP) is 4.61.